The molecule has 1 heterocycles. The van der Waals surface area contributed by atoms with E-state index in [2.05, 4.69) is 48.3 Å². The number of nitrogens with zero attached hydrogens (tertiary/aromatic N) is 1. The lowest BCUT2D eigenvalue weighted by atomic mass is 10.0. The Morgan fingerprint density at radius 3 is 2.63 bits per heavy atom. The van der Waals surface area contributed by atoms with Gasteiger partial charge in [-0.05, 0) is 32.9 Å². The van der Waals surface area contributed by atoms with Crippen LogP contribution in [0.5, 0.6) is 5.75 Å². The molecule has 1 fully saturated rings. The summed E-state index contributed by atoms with van der Waals surface area (Å²) < 4.78 is 5.78. The van der Waals surface area contributed by atoms with Crippen LogP contribution in [0.1, 0.15) is 38.8 Å². The molecule has 0 radical (unpaired) electrons. The molecule has 3 nitrogen and oxygen atoms in total. The number of rotatable bonds is 7. The first-order valence-electron chi connectivity index (χ1n) is 7.46. The SMILES string of the molecule is CCCN(C1CNC1)C(C)c1ccccc1OCC. The van der Waals surface area contributed by atoms with Gasteiger partial charge in [0.05, 0.1) is 6.61 Å². The summed E-state index contributed by atoms with van der Waals surface area (Å²) in [6.07, 6.45) is 1.19. The van der Waals surface area contributed by atoms with Gasteiger partial charge in [0.2, 0.25) is 0 Å². The maximum atomic E-state index is 5.78. The predicted molar refractivity (Wildman–Crippen MR) is 79.7 cm³/mol. The molecule has 1 saturated heterocycles. The molecule has 1 atom stereocenters. The molecule has 2 rings (SSSR count). The van der Waals surface area contributed by atoms with E-state index in [-0.39, 0.29) is 0 Å². The van der Waals surface area contributed by atoms with E-state index < -0.39 is 0 Å². The zero-order valence-electron chi connectivity index (χ0n) is 12.4. The third kappa shape index (κ3) is 3.28. The number of para-hydroxylation sites is 1. The molecule has 19 heavy (non-hydrogen) atoms. The maximum Gasteiger partial charge on any atom is 0.124 e. The highest BCUT2D eigenvalue weighted by Gasteiger charge is 2.29. The summed E-state index contributed by atoms with van der Waals surface area (Å²) in [6.45, 7) is 10.7. The Kier molecular flexibility index (Phi) is 5.23. The predicted octanol–water partition coefficient (Wildman–Crippen LogP) is 2.83. The second-order valence-electron chi connectivity index (χ2n) is 5.20. The third-order valence-electron chi connectivity index (χ3n) is 3.88. The van der Waals surface area contributed by atoms with Gasteiger partial charge in [0, 0.05) is 30.7 Å². The van der Waals surface area contributed by atoms with E-state index in [1.165, 1.54) is 12.0 Å². The summed E-state index contributed by atoms with van der Waals surface area (Å²) in [5.74, 6) is 1.03. The highest BCUT2D eigenvalue weighted by Crippen LogP contribution is 2.31. The van der Waals surface area contributed by atoms with Crippen molar-refractivity contribution in [1.29, 1.82) is 0 Å². The fraction of sp³-hybridized carbons (Fsp3) is 0.625. The summed E-state index contributed by atoms with van der Waals surface area (Å²) in [5.41, 5.74) is 1.31. The Morgan fingerprint density at radius 2 is 2.05 bits per heavy atom. The van der Waals surface area contributed by atoms with Crippen molar-refractivity contribution >= 4 is 0 Å². The van der Waals surface area contributed by atoms with Gasteiger partial charge in [-0.1, -0.05) is 25.1 Å². The second kappa shape index (κ2) is 6.92. The van der Waals surface area contributed by atoms with Gasteiger partial charge in [0.15, 0.2) is 0 Å². The van der Waals surface area contributed by atoms with E-state index in [1.54, 1.807) is 0 Å². The first-order valence-corrected chi connectivity index (χ1v) is 7.46. The van der Waals surface area contributed by atoms with Crippen molar-refractivity contribution in [3.8, 4) is 5.75 Å². The number of benzene rings is 1. The molecule has 0 spiro atoms. The number of nitrogens with one attached hydrogen (secondary N) is 1. The smallest absolute Gasteiger partial charge is 0.124 e. The summed E-state index contributed by atoms with van der Waals surface area (Å²) >= 11 is 0. The molecule has 1 aromatic carbocycles. The van der Waals surface area contributed by atoms with Crippen molar-refractivity contribution < 1.29 is 4.74 Å². The van der Waals surface area contributed by atoms with E-state index in [1.807, 2.05) is 6.92 Å². The van der Waals surface area contributed by atoms with E-state index in [4.69, 9.17) is 4.74 Å². The van der Waals surface area contributed by atoms with Crippen LogP contribution >= 0.6 is 0 Å². The average molecular weight is 262 g/mol. The molecule has 1 N–H and O–H groups in total. The minimum Gasteiger partial charge on any atom is -0.494 e. The van der Waals surface area contributed by atoms with Crippen LogP contribution in [-0.2, 0) is 0 Å². The zero-order chi connectivity index (χ0) is 13.7. The maximum absolute atomic E-state index is 5.78. The molecular weight excluding hydrogens is 236 g/mol. The van der Waals surface area contributed by atoms with Gasteiger partial charge < -0.3 is 10.1 Å². The first-order chi connectivity index (χ1) is 9.27. The van der Waals surface area contributed by atoms with Crippen LogP contribution in [0.15, 0.2) is 24.3 Å². The summed E-state index contributed by atoms with van der Waals surface area (Å²) in [7, 11) is 0. The second-order valence-corrected chi connectivity index (χ2v) is 5.20. The van der Waals surface area contributed by atoms with Crippen molar-refractivity contribution in [2.24, 2.45) is 0 Å². The van der Waals surface area contributed by atoms with E-state index in [0.29, 0.717) is 12.1 Å². The molecular formula is C16H26N2O. The molecule has 106 valence electrons. The van der Waals surface area contributed by atoms with Gasteiger partial charge in [-0.25, -0.2) is 0 Å². The van der Waals surface area contributed by atoms with Gasteiger partial charge in [-0.3, -0.25) is 4.90 Å². The fourth-order valence-electron chi connectivity index (χ4n) is 2.75. The lowest BCUT2D eigenvalue weighted by Crippen LogP contribution is -2.57. The molecule has 0 amide bonds. The Balaban J connectivity index is 2.17. The monoisotopic (exact) mass is 262 g/mol. The summed E-state index contributed by atoms with van der Waals surface area (Å²) in [4.78, 5) is 2.61. The van der Waals surface area contributed by atoms with E-state index in [9.17, 15) is 0 Å². The van der Waals surface area contributed by atoms with Crippen molar-refractivity contribution in [2.45, 2.75) is 39.3 Å². The zero-order valence-corrected chi connectivity index (χ0v) is 12.4. The van der Waals surface area contributed by atoms with Gasteiger partial charge in [0.25, 0.3) is 0 Å². The largest absolute Gasteiger partial charge is 0.494 e. The molecule has 1 aliphatic rings. The molecule has 1 aromatic rings. The topological polar surface area (TPSA) is 24.5 Å². The lowest BCUT2D eigenvalue weighted by Gasteiger charge is -2.42. The highest BCUT2D eigenvalue weighted by molar-refractivity contribution is 5.35. The molecule has 1 aliphatic heterocycles. The summed E-state index contributed by atoms with van der Waals surface area (Å²) in [6, 6.07) is 9.52. The van der Waals surface area contributed by atoms with E-state index >= 15 is 0 Å². The standard InChI is InChI=1S/C16H26N2O/c1-4-10-18(14-11-17-12-14)13(3)15-8-6-7-9-16(15)19-5-2/h6-9,13-14,17H,4-5,10-12H2,1-3H3. The summed E-state index contributed by atoms with van der Waals surface area (Å²) in [5, 5.41) is 3.37. The highest BCUT2D eigenvalue weighted by atomic mass is 16.5. The third-order valence-corrected chi connectivity index (χ3v) is 3.88. The number of hydrogen-bond donors (Lipinski definition) is 1. The lowest BCUT2D eigenvalue weighted by molar-refractivity contribution is 0.101. The Bertz CT molecular complexity index is 390. The molecule has 1 unspecified atom stereocenters. The van der Waals surface area contributed by atoms with Crippen molar-refractivity contribution in [3.05, 3.63) is 29.8 Å². The fourth-order valence-corrected chi connectivity index (χ4v) is 2.75. The Morgan fingerprint density at radius 1 is 1.32 bits per heavy atom. The van der Waals surface area contributed by atoms with Gasteiger partial charge in [-0.2, -0.15) is 0 Å². The van der Waals surface area contributed by atoms with Crippen LogP contribution in [0.25, 0.3) is 0 Å². The van der Waals surface area contributed by atoms with Crippen molar-refractivity contribution in [1.82, 2.24) is 10.2 Å². The van der Waals surface area contributed by atoms with Crippen LogP contribution in [0.2, 0.25) is 0 Å². The average Bonchev–Trinajstić information content (AvgIpc) is 2.36. The normalized spacial score (nSPS) is 17.3. The quantitative estimate of drug-likeness (QED) is 0.818. The Labute approximate surface area is 116 Å². The molecule has 0 bridgehead atoms. The van der Waals surface area contributed by atoms with Crippen molar-refractivity contribution in [3.63, 3.8) is 0 Å². The molecule has 0 saturated carbocycles. The first kappa shape index (κ1) is 14.4. The van der Waals surface area contributed by atoms with Crippen LogP contribution < -0.4 is 10.1 Å². The molecule has 0 aliphatic carbocycles. The van der Waals surface area contributed by atoms with Crippen LogP contribution in [0.3, 0.4) is 0 Å². The van der Waals surface area contributed by atoms with Gasteiger partial charge in [0.1, 0.15) is 5.75 Å². The number of hydrogen-bond acceptors (Lipinski definition) is 3. The van der Waals surface area contributed by atoms with Gasteiger partial charge >= 0.3 is 0 Å². The van der Waals surface area contributed by atoms with Crippen LogP contribution in [0.4, 0.5) is 0 Å². The minimum absolute atomic E-state index is 0.412. The number of ether oxygens (including phenoxy) is 1. The minimum atomic E-state index is 0.412. The van der Waals surface area contributed by atoms with Crippen LogP contribution in [0, 0.1) is 0 Å². The molecule has 3 heteroatoms. The van der Waals surface area contributed by atoms with Crippen LogP contribution in [-0.4, -0.2) is 37.2 Å². The van der Waals surface area contributed by atoms with Crippen molar-refractivity contribution in [2.75, 3.05) is 26.2 Å². The Hall–Kier alpha value is -1.06. The van der Waals surface area contributed by atoms with Gasteiger partial charge in [-0.15, -0.1) is 0 Å². The van der Waals surface area contributed by atoms with E-state index in [0.717, 1.165) is 32.0 Å². The molecule has 0 aromatic heterocycles.